The van der Waals surface area contributed by atoms with Gasteiger partial charge >= 0.3 is 0 Å². The van der Waals surface area contributed by atoms with E-state index >= 15 is 0 Å². The smallest absolute Gasteiger partial charge is 0.137 e. The van der Waals surface area contributed by atoms with Crippen LogP contribution in [0, 0.1) is 0 Å². The lowest BCUT2D eigenvalue weighted by Crippen LogP contribution is -2.25. The van der Waals surface area contributed by atoms with Crippen molar-refractivity contribution in [2.45, 2.75) is 39.2 Å². The van der Waals surface area contributed by atoms with Crippen molar-refractivity contribution in [1.82, 2.24) is 9.97 Å². The molecular weight excluding hydrogens is 240 g/mol. The van der Waals surface area contributed by atoms with E-state index in [2.05, 4.69) is 34.0 Å². The molecule has 2 rings (SSSR count). The molecule has 106 valence electrons. The third-order valence-corrected chi connectivity index (χ3v) is 3.54. The molecule has 0 radical (unpaired) electrons. The minimum absolute atomic E-state index is 0.326. The molecule has 1 fully saturated rings. The van der Waals surface area contributed by atoms with E-state index in [0.29, 0.717) is 6.10 Å². The van der Waals surface area contributed by atoms with Crippen molar-refractivity contribution in [3.63, 3.8) is 0 Å². The topological polar surface area (TPSA) is 50.3 Å². The van der Waals surface area contributed by atoms with Crippen LogP contribution in [0.4, 0.5) is 11.6 Å². The van der Waals surface area contributed by atoms with Gasteiger partial charge in [-0.15, -0.1) is 0 Å². The first-order chi connectivity index (χ1) is 9.30. The molecule has 1 atom stereocenters. The van der Waals surface area contributed by atoms with E-state index in [1.54, 1.807) is 13.4 Å². The minimum atomic E-state index is 0.326. The van der Waals surface area contributed by atoms with Crippen LogP contribution in [0.25, 0.3) is 0 Å². The summed E-state index contributed by atoms with van der Waals surface area (Å²) in [4.78, 5) is 11.2. The number of methoxy groups -OCH3 is 1. The quantitative estimate of drug-likeness (QED) is 0.852. The molecule has 0 bridgehead atoms. The van der Waals surface area contributed by atoms with Crippen LogP contribution in [0.15, 0.2) is 6.33 Å². The number of hydrogen-bond donors (Lipinski definition) is 1. The molecule has 0 saturated carbocycles. The Labute approximate surface area is 115 Å². The number of anilines is 2. The largest absolute Gasteiger partial charge is 0.380 e. The van der Waals surface area contributed by atoms with E-state index in [9.17, 15) is 0 Å². The van der Waals surface area contributed by atoms with Crippen LogP contribution in [0.2, 0.25) is 0 Å². The summed E-state index contributed by atoms with van der Waals surface area (Å²) < 4.78 is 5.44. The van der Waals surface area contributed by atoms with Crippen LogP contribution >= 0.6 is 0 Å². The molecule has 1 aliphatic heterocycles. The highest BCUT2D eigenvalue weighted by atomic mass is 16.5. The first-order valence-corrected chi connectivity index (χ1v) is 7.15. The van der Waals surface area contributed by atoms with E-state index in [4.69, 9.17) is 4.74 Å². The number of nitrogens with one attached hydrogen (secondary N) is 1. The van der Waals surface area contributed by atoms with E-state index < -0.39 is 0 Å². The summed E-state index contributed by atoms with van der Waals surface area (Å²) in [5.41, 5.74) is 1.24. The molecule has 1 aromatic rings. The second-order valence-electron chi connectivity index (χ2n) is 4.90. The first-order valence-electron chi connectivity index (χ1n) is 7.15. The predicted molar refractivity (Wildman–Crippen MR) is 77.8 cm³/mol. The Kier molecular flexibility index (Phi) is 4.96. The van der Waals surface area contributed by atoms with E-state index in [1.165, 1.54) is 5.56 Å². The fourth-order valence-corrected chi connectivity index (χ4v) is 2.59. The van der Waals surface area contributed by atoms with Crippen LogP contribution in [-0.2, 0) is 11.2 Å². The third kappa shape index (κ3) is 3.15. The molecule has 5 nitrogen and oxygen atoms in total. The molecule has 1 aromatic heterocycles. The molecular formula is C14H24N4O. The van der Waals surface area contributed by atoms with Crippen molar-refractivity contribution >= 4 is 11.6 Å². The van der Waals surface area contributed by atoms with Gasteiger partial charge in [0, 0.05) is 32.3 Å². The molecule has 1 unspecified atom stereocenters. The van der Waals surface area contributed by atoms with Gasteiger partial charge in [0.15, 0.2) is 0 Å². The van der Waals surface area contributed by atoms with Crippen molar-refractivity contribution in [3.05, 3.63) is 11.9 Å². The second kappa shape index (κ2) is 6.70. The lowest BCUT2D eigenvalue weighted by atomic mass is 10.1. The Morgan fingerprint density at radius 1 is 1.42 bits per heavy atom. The van der Waals surface area contributed by atoms with Gasteiger partial charge in [0.1, 0.15) is 18.0 Å². The van der Waals surface area contributed by atoms with E-state index in [0.717, 1.165) is 50.5 Å². The zero-order valence-electron chi connectivity index (χ0n) is 12.1. The molecule has 1 N–H and O–H groups in total. The van der Waals surface area contributed by atoms with Crippen LogP contribution in [0.1, 0.15) is 32.3 Å². The highest BCUT2D eigenvalue weighted by Gasteiger charge is 2.25. The van der Waals surface area contributed by atoms with E-state index in [-0.39, 0.29) is 0 Å². The summed E-state index contributed by atoms with van der Waals surface area (Å²) in [5, 5.41) is 3.34. The van der Waals surface area contributed by atoms with Gasteiger partial charge in [-0.1, -0.05) is 13.3 Å². The van der Waals surface area contributed by atoms with Crippen LogP contribution < -0.4 is 10.2 Å². The molecule has 0 spiro atoms. The third-order valence-electron chi connectivity index (χ3n) is 3.54. The predicted octanol–water partition coefficient (Wildman–Crippen LogP) is 2.09. The van der Waals surface area contributed by atoms with Crippen LogP contribution in [0.5, 0.6) is 0 Å². The van der Waals surface area contributed by atoms with Gasteiger partial charge in [-0.05, 0) is 19.8 Å². The van der Waals surface area contributed by atoms with Crippen LogP contribution in [0.3, 0.4) is 0 Å². The van der Waals surface area contributed by atoms with Gasteiger partial charge in [-0.25, -0.2) is 9.97 Å². The monoisotopic (exact) mass is 264 g/mol. The zero-order chi connectivity index (χ0) is 13.7. The van der Waals surface area contributed by atoms with Gasteiger partial charge in [0.25, 0.3) is 0 Å². The summed E-state index contributed by atoms with van der Waals surface area (Å²) in [5.74, 6) is 2.06. The summed E-state index contributed by atoms with van der Waals surface area (Å²) >= 11 is 0. The highest BCUT2D eigenvalue weighted by molar-refractivity contribution is 5.59. The Morgan fingerprint density at radius 2 is 2.26 bits per heavy atom. The van der Waals surface area contributed by atoms with Crippen molar-refractivity contribution in [1.29, 1.82) is 0 Å². The first kappa shape index (κ1) is 14.1. The molecule has 0 amide bonds. The van der Waals surface area contributed by atoms with Crippen molar-refractivity contribution in [2.24, 2.45) is 0 Å². The molecule has 1 aliphatic rings. The van der Waals surface area contributed by atoms with Crippen LogP contribution in [-0.4, -0.2) is 42.8 Å². The second-order valence-corrected chi connectivity index (χ2v) is 4.90. The summed E-state index contributed by atoms with van der Waals surface area (Å²) in [6.07, 6.45) is 5.16. The highest BCUT2D eigenvalue weighted by Crippen LogP contribution is 2.28. The normalized spacial score (nSPS) is 18.9. The SMILES string of the molecule is CCCc1c(NCC)ncnc1N1CCC(OC)C1. The Morgan fingerprint density at radius 3 is 2.89 bits per heavy atom. The van der Waals surface area contributed by atoms with Crippen molar-refractivity contribution in [2.75, 3.05) is 37.0 Å². The van der Waals surface area contributed by atoms with E-state index in [1.807, 2.05) is 0 Å². The summed E-state index contributed by atoms with van der Waals surface area (Å²) in [6.45, 7) is 7.10. The maximum Gasteiger partial charge on any atom is 0.137 e. The fraction of sp³-hybridized carbons (Fsp3) is 0.714. The average Bonchev–Trinajstić information content (AvgIpc) is 2.90. The maximum atomic E-state index is 5.44. The molecule has 19 heavy (non-hydrogen) atoms. The minimum Gasteiger partial charge on any atom is -0.380 e. The zero-order valence-corrected chi connectivity index (χ0v) is 12.1. The number of rotatable bonds is 6. The van der Waals surface area contributed by atoms with Crippen molar-refractivity contribution < 1.29 is 4.74 Å². The average molecular weight is 264 g/mol. The summed E-state index contributed by atoms with van der Waals surface area (Å²) in [6, 6.07) is 0. The number of aromatic nitrogens is 2. The maximum absolute atomic E-state index is 5.44. The number of ether oxygens (including phenoxy) is 1. The summed E-state index contributed by atoms with van der Waals surface area (Å²) in [7, 11) is 1.78. The van der Waals surface area contributed by atoms with Gasteiger partial charge < -0.3 is 15.0 Å². The molecule has 1 saturated heterocycles. The molecule has 0 aromatic carbocycles. The number of nitrogens with zero attached hydrogens (tertiary/aromatic N) is 3. The lowest BCUT2D eigenvalue weighted by Gasteiger charge is -2.22. The molecule has 5 heteroatoms. The Balaban J connectivity index is 2.25. The van der Waals surface area contributed by atoms with Gasteiger partial charge in [0.05, 0.1) is 6.10 Å². The fourth-order valence-electron chi connectivity index (χ4n) is 2.59. The lowest BCUT2D eigenvalue weighted by molar-refractivity contribution is 0.121. The standard InChI is InChI=1S/C14H24N4O/c1-4-6-12-13(15-5-2)16-10-17-14(12)18-8-7-11(9-18)19-3/h10-11H,4-9H2,1-3H3,(H,15,16,17). The Bertz CT molecular complexity index is 410. The van der Waals surface area contributed by atoms with Gasteiger partial charge in [-0.2, -0.15) is 0 Å². The van der Waals surface area contributed by atoms with Gasteiger partial charge in [0.2, 0.25) is 0 Å². The van der Waals surface area contributed by atoms with Gasteiger partial charge in [-0.3, -0.25) is 0 Å². The molecule has 2 heterocycles. The Hall–Kier alpha value is -1.36. The number of hydrogen-bond acceptors (Lipinski definition) is 5. The van der Waals surface area contributed by atoms with Crippen molar-refractivity contribution in [3.8, 4) is 0 Å². The molecule has 0 aliphatic carbocycles.